The molecular weight excluding hydrogens is 354 g/mol. The number of benzene rings is 1. The molecule has 0 radical (unpaired) electrons. The second-order valence-corrected chi connectivity index (χ2v) is 7.65. The zero-order valence-electron chi connectivity index (χ0n) is 16.2. The van der Waals surface area contributed by atoms with Crippen molar-refractivity contribution in [3.8, 4) is 0 Å². The summed E-state index contributed by atoms with van der Waals surface area (Å²) >= 11 is 0. The molecule has 1 saturated heterocycles. The lowest BCUT2D eigenvalue weighted by Crippen LogP contribution is -2.34. The molecule has 1 aliphatic heterocycles. The SMILES string of the molecule is Cc1cc2ncc(C(=O)NCc3ccc(N4CCC[C@@H](C)C4)cc3)c(=O)n2[nH]1. The first-order chi connectivity index (χ1) is 13.5. The van der Waals surface area contributed by atoms with E-state index in [0.717, 1.165) is 30.3 Å². The van der Waals surface area contributed by atoms with E-state index >= 15 is 0 Å². The van der Waals surface area contributed by atoms with Crippen LogP contribution < -0.4 is 15.8 Å². The van der Waals surface area contributed by atoms with Crippen LogP contribution >= 0.6 is 0 Å². The number of nitrogens with one attached hydrogen (secondary N) is 2. The summed E-state index contributed by atoms with van der Waals surface area (Å²) in [6.45, 7) is 6.68. The molecule has 2 aromatic heterocycles. The molecule has 1 atom stereocenters. The van der Waals surface area contributed by atoms with Crippen LogP contribution in [-0.2, 0) is 6.54 Å². The molecule has 0 bridgehead atoms. The number of carbonyl (C=O) groups excluding carboxylic acids is 1. The fourth-order valence-corrected chi connectivity index (χ4v) is 3.76. The highest BCUT2D eigenvalue weighted by Crippen LogP contribution is 2.23. The van der Waals surface area contributed by atoms with Crippen LogP contribution in [0.15, 0.2) is 41.3 Å². The fourth-order valence-electron chi connectivity index (χ4n) is 3.76. The lowest BCUT2D eigenvalue weighted by molar-refractivity contribution is 0.0948. The van der Waals surface area contributed by atoms with Gasteiger partial charge in [-0.05, 0) is 43.4 Å². The minimum atomic E-state index is -0.423. The Morgan fingerprint density at radius 3 is 2.86 bits per heavy atom. The summed E-state index contributed by atoms with van der Waals surface area (Å²) in [6.07, 6.45) is 3.86. The second-order valence-electron chi connectivity index (χ2n) is 7.65. The van der Waals surface area contributed by atoms with Crippen molar-refractivity contribution < 1.29 is 4.79 Å². The van der Waals surface area contributed by atoms with Crippen molar-refractivity contribution in [3.05, 3.63) is 63.7 Å². The fraction of sp³-hybridized carbons (Fsp3) is 0.381. The van der Waals surface area contributed by atoms with E-state index in [4.69, 9.17) is 0 Å². The first-order valence-corrected chi connectivity index (χ1v) is 9.71. The number of hydrogen-bond acceptors (Lipinski definition) is 4. The van der Waals surface area contributed by atoms with Crippen LogP contribution in [0.5, 0.6) is 0 Å². The second kappa shape index (κ2) is 7.50. The van der Waals surface area contributed by atoms with Gasteiger partial charge in [0.25, 0.3) is 11.5 Å². The number of anilines is 1. The number of aromatic nitrogens is 3. The molecule has 28 heavy (non-hydrogen) atoms. The molecule has 3 heterocycles. The number of nitrogens with zero attached hydrogens (tertiary/aromatic N) is 3. The number of aryl methyl sites for hydroxylation is 1. The maximum atomic E-state index is 12.5. The predicted molar refractivity (Wildman–Crippen MR) is 109 cm³/mol. The van der Waals surface area contributed by atoms with Crippen molar-refractivity contribution in [1.82, 2.24) is 19.9 Å². The number of hydrogen-bond donors (Lipinski definition) is 2. The normalized spacial score (nSPS) is 17.1. The predicted octanol–water partition coefficient (Wildman–Crippen LogP) is 2.50. The molecule has 1 fully saturated rings. The lowest BCUT2D eigenvalue weighted by Gasteiger charge is -2.32. The van der Waals surface area contributed by atoms with Crippen molar-refractivity contribution >= 4 is 17.2 Å². The molecule has 1 aromatic carbocycles. The van der Waals surface area contributed by atoms with Gasteiger partial charge in [-0.2, -0.15) is 0 Å². The third kappa shape index (κ3) is 3.65. The molecule has 3 aromatic rings. The van der Waals surface area contributed by atoms with Gasteiger partial charge in [-0.15, -0.1) is 0 Å². The van der Waals surface area contributed by atoms with E-state index in [1.54, 1.807) is 6.07 Å². The highest BCUT2D eigenvalue weighted by Gasteiger charge is 2.17. The summed E-state index contributed by atoms with van der Waals surface area (Å²) in [5.41, 5.74) is 3.15. The third-order valence-corrected chi connectivity index (χ3v) is 5.28. The molecule has 0 unspecified atom stereocenters. The molecule has 1 aliphatic rings. The van der Waals surface area contributed by atoms with E-state index in [-0.39, 0.29) is 5.56 Å². The van der Waals surface area contributed by atoms with Crippen molar-refractivity contribution in [2.45, 2.75) is 33.2 Å². The molecule has 0 spiro atoms. The monoisotopic (exact) mass is 379 g/mol. The van der Waals surface area contributed by atoms with Crippen molar-refractivity contribution in [2.75, 3.05) is 18.0 Å². The summed E-state index contributed by atoms with van der Waals surface area (Å²) in [5.74, 6) is 0.300. The number of aromatic amines is 1. The molecule has 4 rings (SSSR count). The molecule has 1 amide bonds. The van der Waals surface area contributed by atoms with Gasteiger partial charge in [0.1, 0.15) is 5.56 Å². The first kappa shape index (κ1) is 18.3. The minimum Gasteiger partial charge on any atom is -0.371 e. The van der Waals surface area contributed by atoms with Gasteiger partial charge >= 0.3 is 0 Å². The van der Waals surface area contributed by atoms with Crippen LogP contribution in [0.25, 0.3) is 5.65 Å². The van der Waals surface area contributed by atoms with Gasteiger partial charge in [0.05, 0.1) is 0 Å². The van der Waals surface area contributed by atoms with Crippen molar-refractivity contribution in [3.63, 3.8) is 0 Å². The van der Waals surface area contributed by atoms with Gasteiger partial charge in [-0.25, -0.2) is 9.50 Å². The third-order valence-electron chi connectivity index (χ3n) is 5.28. The van der Waals surface area contributed by atoms with E-state index in [1.807, 2.05) is 19.1 Å². The van der Waals surface area contributed by atoms with Gasteiger partial charge in [0, 0.05) is 43.3 Å². The van der Waals surface area contributed by atoms with E-state index in [2.05, 4.69) is 39.4 Å². The summed E-state index contributed by atoms with van der Waals surface area (Å²) in [4.78, 5) is 31.5. The quantitative estimate of drug-likeness (QED) is 0.730. The number of amides is 1. The average Bonchev–Trinajstić information content (AvgIpc) is 3.08. The van der Waals surface area contributed by atoms with Gasteiger partial charge in [0.2, 0.25) is 0 Å². The van der Waals surface area contributed by atoms with Gasteiger partial charge in [0.15, 0.2) is 5.65 Å². The maximum Gasteiger partial charge on any atom is 0.285 e. The Hall–Kier alpha value is -3.09. The lowest BCUT2D eigenvalue weighted by atomic mass is 9.99. The van der Waals surface area contributed by atoms with Crippen LogP contribution in [0.3, 0.4) is 0 Å². The summed E-state index contributed by atoms with van der Waals surface area (Å²) in [6, 6.07) is 10.0. The molecule has 0 aliphatic carbocycles. The Labute approximate surface area is 163 Å². The number of fused-ring (bicyclic) bond motifs is 1. The van der Waals surface area contributed by atoms with Crippen molar-refractivity contribution in [1.29, 1.82) is 0 Å². The molecule has 0 saturated carbocycles. The zero-order chi connectivity index (χ0) is 19.7. The smallest absolute Gasteiger partial charge is 0.285 e. The largest absolute Gasteiger partial charge is 0.371 e. The average molecular weight is 379 g/mol. The van der Waals surface area contributed by atoms with Crippen molar-refractivity contribution in [2.24, 2.45) is 5.92 Å². The topological polar surface area (TPSA) is 82.5 Å². The Balaban J connectivity index is 1.42. The van der Waals surface area contributed by atoms with Crippen LogP contribution in [0.2, 0.25) is 0 Å². The number of carbonyl (C=O) groups is 1. The van der Waals surface area contributed by atoms with Crippen LogP contribution in [0.1, 0.15) is 41.4 Å². The summed E-state index contributed by atoms with van der Waals surface area (Å²) in [5, 5.41) is 5.71. The van der Waals surface area contributed by atoms with Gasteiger partial charge in [-0.1, -0.05) is 19.1 Å². The highest BCUT2D eigenvalue weighted by atomic mass is 16.2. The Bertz CT molecular complexity index is 1050. The summed E-state index contributed by atoms with van der Waals surface area (Å²) < 4.78 is 1.29. The Morgan fingerprint density at radius 1 is 1.32 bits per heavy atom. The Morgan fingerprint density at radius 2 is 2.11 bits per heavy atom. The molecular formula is C21H25N5O2. The van der Waals surface area contributed by atoms with Crippen LogP contribution in [0.4, 0.5) is 5.69 Å². The number of rotatable bonds is 4. The highest BCUT2D eigenvalue weighted by molar-refractivity contribution is 5.93. The standard InChI is InChI=1S/C21H25N5O2/c1-14-4-3-9-25(13-14)17-7-5-16(6-8-17)11-23-20(27)18-12-22-19-10-15(2)24-26(19)21(18)28/h5-8,10,12,14,24H,3-4,9,11,13H2,1-2H3,(H,23,27)/t14-/m1/s1. The molecule has 2 N–H and O–H groups in total. The molecule has 146 valence electrons. The van der Waals surface area contributed by atoms with Gasteiger partial charge < -0.3 is 10.2 Å². The van der Waals surface area contributed by atoms with Gasteiger partial charge in [-0.3, -0.25) is 14.7 Å². The minimum absolute atomic E-state index is 0.0262. The Kier molecular flexibility index (Phi) is 4.90. The van der Waals surface area contributed by atoms with Crippen LogP contribution in [0, 0.1) is 12.8 Å². The summed E-state index contributed by atoms with van der Waals surface area (Å²) in [7, 11) is 0. The molecule has 7 nitrogen and oxygen atoms in total. The molecule has 7 heteroatoms. The number of H-pyrrole nitrogens is 1. The van der Waals surface area contributed by atoms with E-state index in [9.17, 15) is 9.59 Å². The van der Waals surface area contributed by atoms with E-state index in [1.165, 1.54) is 29.2 Å². The number of piperidine rings is 1. The zero-order valence-corrected chi connectivity index (χ0v) is 16.2. The van der Waals surface area contributed by atoms with Crippen LogP contribution in [-0.4, -0.2) is 33.6 Å². The maximum absolute atomic E-state index is 12.5. The van der Waals surface area contributed by atoms with E-state index in [0.29, 0.717) is 12.2 Å². The van der Waals surface area contributed by atoms with E-state index < -0.39 is 11.5 Å². The first-order valence-electron chi connectivity index (χ1n) is 9.71.